The van der Waals surface area contributed by atoms with Crippen LogP contribution in [-0.4, -0.2) is 48.7 Å². The average molecular weight is 218 g/mol. The van der Waals surface area contributed by atoms with E-state index in [0.717, 1.165) is 0 Å². The SMILES string of the molecule is CO[C@H]1O[C@H](C)[C@H](O)[C@H]2OC(C)(C)O[C@@H]12. The van der Waals surface area contributed by atoms with Crippen LogP contribution in [0.2, 0.25) is 0 Å². The molecular formula is C10H18O5. The summed E-state index contributed by atoms with van der Waals surface area (Å²) in [6.07, 6.45) is -2.21. The molecule has 0 aromatic heterocycles. The predicted octanol–water partition coefficient (Wildman–Crippen LogP) is 0.259. The van der Waals surface area contributed by atoms with Crippen molar-refractivity contribution in [2.75, 3.05) is 7.11 Å². The minimum Gasteiger partial charge on any atom is -0.388 e. The zero-order valence-electron chi connectivity index (χ0n) is 9.47. The smallest absolute Gasteiger partial charge is 0.186 e. The first-order valence-electron chi connectivity index (χ1n) is 5.16. The van der Waals surface area contributed by atoms with Crippen molar-refractivity contribution in [1.29, 1.82) is 0 Å². The number of fused-ring (bicyclic) bond motifs is 1. The average Bonchev–Trinajstić information content (AvgIpc) is 2.48. The summed E-state index contributed by atoms with van der Waals surface area (Å²) < 4.78 is 21.9. The van der Waals surface area contributed by atoms with Crippen LogP contribution < -0.4 is 0 Å². The van der Waals surface area contributed by atoms with E-state index in [4.69, 9.17) is 18.9 Å². The van der Waals surface area contributed by atoms with Crippen molar-refractivity contribution in [3.63, 3.8) is 0 Å². The molecule has 15 heavy (non-hydrogen) atoms. The first-order chi connectivity index (χ1) is 6.94. The summed E-state index contributed by atoms with van der Waals surface area (Å²) in [5, 5.41) is 9.91. The summed E-state index contributed by atoms with van der Waals surface area (Å²) in [5.74, 6) is -0.694. The van der Waals surface area contributed by atoms with Crippen LogP contribution in [0.15, 0.2) is 0 Å². The number of methoxy groups -OCH3 is 1. The molecule has 0 saturated carbocycles. The molecular weight excluding hydrogens is 200 g/mol. The van der Waals surface area contributed by atoms with E-state index in [2.05, 4.69) is 0 Å². The molecule has 0 radical (unpaired) electrons. The van der Waals surface area contributed by atoms with Crippen LogP contribution in [-0.2, 0) is 18.9 Å². The summed E-state index contributed by atoms with van der Waals surface area (Å²) in [4.78, 5) is 0. The Morgan fingerprint density at radius 1 is 1.20 bits per heavy atom. The molecule has 0 unspecified atom stereocenters. The quantitative estimate of drug-likeness (QED) is 0.684. The molecule has 0 bridgehead atoms. The molecule has 5 heteroatoms. The highest BCUT2D eigenvalue weighted by Crippen LogP contribution is 2.37. The van der Waals surface area contributed by atoms with Gasteiger partial charge in [0.25, 0.3) is 0 Å². The highest BCUT2D eigenvalue weighted by molar-refractivity contribution is 4.94. The highest BCUT2D eigenvalue weighted by atomic mass is 16.8. The zero-order valence-corrected chi connectivity index (χ0v) is 9.47. The lowest BCUT2D eigenvalue weighted by atomic mass is 10.0. The van der Waals surface area contributed by atoms with Gasteiger partial charge in [-0.2, -0.15) is 0 Å². The van der Waals surface area contributed by atoms with Gasteiger partial charge in [-0.1, -0.05) is 0 Å². The summed E-state index contributed by atoms with van der Waals surface area (Å²) in [5.41, 5.74) is 0. The molecule has 0 spiro atoms. The van der Waals surface area contributed by atoms with Gasteiger partial charge < -0.3 is 24.1 Å². The number of ether oxygens (including phenoxy) is 4. The second-order valence-corrected chi connectivity index (χ2v) is 4.50. The van der Waals surface area contributed by atoms with Crippen molar-refractivity contribution in [3.05, 3.63) is 0 Å². The fourth-order valence-corrected chi connectivity index (χ4v) is 2.12. The molecule has 0 aliphatic carbocycles. The van der Waals surface area contributed by atoms with Crippen molar-refractivity contribution in [3.8, 4) is 0 Å². The Balaban J connectivity index is 2.18. The largest absolute Gasteiger partial charge is 0.388 e. The molecule has 5 atom stereocenters. The summed E-state index contributed by atoms with van der Waals surface area (Å²) in [6.45, 7) is 5.42. The molecule has 88 valence electrons. The van der Waals surface area contributed by atoms with Crippen molar-refractivity contribution in [1.82, 2.24) is 0 Å². The standard InChI is InChI=1S/C10H18O5/c1-5-6(11)7-8(9(12-4)13-5)15-10(2,3)14-7/h5-9,11H,1-4H3/t5-,6+,7-,8-,9+/m1/s1. The van der Waals surface area contributed by atoms with Crippen LogP contribution >= 0.6 is 0 Å². The first kappa shape index (κ1) is 11.3. The minimum atomic E-state index is -0.694. The van der Waals surface area contributed by atoms with E-state index in [1.165, 1.54) is 0 Å². The number of hydrogen-bond acceptors (Lipinski definition) is 5. The van der Waals surface area contributed by atoms with Crippen molar-refractivity contribution >= 4 is 0 Å². The highest BCUT2D eigenvalue weighted by Gasteiger charge is 2.54. The molecule has 2 aliphatic heterocycles. The Labute approximate surface area is 89.3 Å². The minimum absolute atomic E-state index is 0.311. The van der Waals surface area contributed by atoms with E-state index in [1.54, 1.807) is 14.0 Å². The van der Waals surface area contributed by atoms with E-state index in [0.29, 0.717) is 0 Å². The molecule has 2 aliphatic rings. The molecule has 2 fully saturated rings. The van der Waals surface area contributed by atoms with Crippen LogP contribution in [0.4, 0.5) is 0 Å². The maximum Gasteiger partial charge on any atom is 0.186 e. The van der Waals surface area contributed by atoms with Crippen molar-refractivity contribution in [2.45, 2.75) is 57.3 Å². The summed E-state index contributed by atoms with van der Waals surface area (Å²) >= 11 is 0. The third-order valence-electron chi connectivity index (χ3n) is 2.83. The lowest BCUT2D eigenvalue weighted by Crippen LogP contribution is -2.55. The Hall–Kier alpha value is -0.200. The van der Waals surface area contributed by atoms with Crippen molar-refractivity contribution in [2.24, 2.45) is 0 Å². The normalized spacial score (nSPS) is 49.0. The van der Waals surface area contributed by atoms with Gasteiger partial charge in [-0.15, -0.1) is 0 Å². The third-order valence-corrected chi connectivity index (χ3v) is 2.83. The number of aliphatic hydroxyl groups excluding tert-OH is 1. The van der Waals surface area contributed by atoms with Gasteiger partial charge in [-0.3, -0.25) is 0 Å². The van der Waals surface area contributed by atoms with Crippen LogP contribution in [0, 0.1) is 0 Å². The molecule has 2 saturated heterocycles. The van der Waals surface area contributed by atoms with E-state index < -0.39 is 18.2 Å². The van der Waals surface area contributed by atoms with Crippen LogP contribution in [0.1, 0.15) is 20.8 Å². The molecule has 2 heterocycles. The van der Waals surface area contributed by atoms with Gasteiger partial charge in [0.1, 0.15) is 18.3 Å². The van der Waals surface area contributed by atoms with Crippen molar-refractivity contribution < 1.29 is 24.1 Å². The van der Waals surface area contributed by atoms with E-state index in [-0.39, 0.29) is 18.3 Å². The Morgan fingerprint density at radius 3 is 2.40 bits per heavy atom. The fourth-order valence-electron chi connectivity index (χ4n) is 2.12. The molecule has 0 amide bonds. The zero-order chi connectivity index (χ0) is 11.2. The van der Waals surface area contributed by atoms with Gasteiger partial charge in [0, 0.05) is 7.11 Å². The molecule has 2 rings (SSSR count). The number of rotatable bonds is 1. The second-order valence-electron chi connectivity index (χ2n) is 4.50. The topological polar surface area (TPSA) is 57.2 Å². The predicted molar refractivity (Wildman–Crippen MR) is 51.2 cm³/mol. The van der Waals surface area contributed by atoms with Gasteiger partial charge >= 0.3 is 0 Å². The first-order valence-corrected chi connectivity index (χ1v) is 5.16. The number of aliphatic hydroxyl groups is 1. The molecule has 0 aromatic carbocycles. The molecule has 5 nitrogen and oxygen atoms in total. The Kier molecular flexibility index (Phi) is 2.77. The third kappa shape index (κ3) is 1.90. The maximum atomic E-state index is 9.91. The van der Waals surface area contributed by atoms with E-state index in [9.17, 15) is 5.11 Å². The van der Waals surface area contributed by atoms with Gasteiger partial charge in [0.2, 0.25) is 0 Å². The Bertz CT molecular complexity index is 234. The van der Waals surface area contributed by atoms with E-state index >= 15 is 0 Å². The van der Waals surface area contributed by atoms with Gasteiger partial charge in [-0.25, -0.2) is 0 Å². The second kappa shape index (κ2) is 3.68. The molecule has 0 aromatic rings. The van der Waals surface area contributed by atoms with Crippen LogP contribution in [0.3, 0.4) is 0 Å². The maximum absolute atomic E-state index is 9.91. The molecule has 1 N–H and O–H groups in total. The van der Waals surface area contributed by atoms with E-state index in [1.807, 2.05) is 13.8 Å². The summed E-state index contributed by atoms with van der Waals surface area (Å²) in [6, 6.07) is 0. The Morgan fingerprint density at radius 2 is 1.80 bits per heavy atom. The van der Waals surface area contributed by atoms with Gasteiger partial charge in [0.15, 0.2) is 12.1 Å². The van der Waals surface area contributed by atoms with Gasteiger partial charge in [-0.05, 0) is 20.8 Å². The monoisotopic (exact) mass is 218 g/mol. The fraction of sp³-hybridized carbons (Fsp3) is 1.00. The summed E-state index contributed by atoms with van der Waals surface area (Å²) in [7, 11) is 1.56. The number of hydrogen-bond donors (Lipinski definition) is 1. The lowest BCUT2D eigenvalue weighted by molar-refractivity contribution is -0.262. The van der Waals surface area contributed by atoms with Crippen LogP contribution in [0.5, 0.6) is 0 Å². The van der Waals surface area contributed by atoms with Gasteiger partial charge in [0.05, 0.1) is 6.10 Å². The lowest BCUT2D eigenvalue weighted by Gasteiger charge is -2.37. The van der Waals surface area contributed by atoms with Crippen LogP contribution in [0.25, 0.3) is 0 Å².